The number of halogens is 3. The van der Waals surface area contributed by atoms with Crippen molar-refractivity contribution in [1.29, 1.82) is 0 Å². The molecule has 0 unspecified atom stereocenters. The zero-order chi connectivity index (χ0) is 14.3. The summed E-state index contributed by atoms with van der Waals surface area (Å²) in [6, 6.07) is 2.65. The van der Waals surface area contributed by atoms with Gasteiger partial charge in [-0.05, 0) is 35.1 Å². The first-order chi connectivity index (χ1) is 9.06. The Morgan fingerprint density at radius 3 is 2.74 bits per heavy atom. The van der Waals surface area contributed by atoms with E-state index >= 15 is 0 Å². The van der Waals surface area contributed by atoms with Crippen LogP contribution in [0.1, 0.15) is 5.56 Å². The van der Waals surface area contributed by atoms with E-state index in [9.17, 15) is 8.78 Å². The summed E-state index contributed by atoms with van der Waals surface area (Å²) in [5.41, 5.74) is 0.0915. The van der Waals surface area contributed by atoms with Gasteiger partial charge < -0.3 is 15.0 Å². The van der Waals surface area contributed by atoms with Gasteiger partial charge in [-0.3, -0.25) is 0 Å². The van der Waals surface area contributed by atoms with Crippen molar-refractivity contribution in [2.45, 2.75) is 6.54 Å². The van der Waals surface area contributed by atoms with Gasteiger partial charge in [0.15, 0.2) is 0 Å². The molecule has 0 saturated heterocycles. The van der Waals surface area contributed by atoms with Gasteiger partial charge in [-0.1, -0.05) is 0 Å². The molecule has 0 fully saturated rings. The monoisotopic (exact) mass is 336 g/mol. The van der Waals surface area contributed by atoms with E-state index in [0.29, 0.717) is 13.2 Å². The summed E-state index contributed by atoms with van der Waals surface area (Å²) in [6.07, 6.45) is 0. The van der Waals surface area contributed by atoms with Gasteiger partial charge in [0.05, 0.1) is 11.1 Å². The van der Waals surface area contributed by atoms with Crippen LogP contribution in [0.2, 0.25) is 0 Å². The molecule has 0 atom stereocenters. The molecule has 6 heteroatoms. The predicted molar refractivity (Wildman–Crippen MR) is 75.1 cm³/mol. The largest absolute Gasteiger partial charge is 0.383 e. The molecule has 0 amide bonds. The molecule has 1 aromatic carbocycles. The van der Waals surface area contributed by atoms with Gasteiger partial charge in [0.2, 0.25) is 0 Å². The molecule has 0 aliphatic carbocycles. The zero-order valence-corrected chi connectivity index (χ0v) is 12.8. The van der Waals surface area contributed by atoms with Crippen LogP contribution in [-0.2, 0) is 11.3 Å². The Morgan fingerprint density at radius 2 is 2.05 bits per heavy atom. The van der Waals surface area contributed by atoms with E-state index in [-0.39, 0.29) is 16.6 Å². The number of likely N-dealkylation sites (N-methyl/N-ethyl adjacent to an activating group) is 1. The van der Waals surface area contributed by atoms with Gasteiger partial charge in [0, 0.05) is 38.9 Å². The van der Waals surface area contributed by atoms with Gasteiger partial charge in [0.25, 0.3) is 0 Å². The predicted octanol–water partition coefficient (Wildman–Crippen LogP) is 2.40. The lowest BCUT2D eigenvalue weighted by atomic mass is 10.2. The third-order valence-corrected chi connectivity index (χ3v) is 3.33. The molecule has 3 nitrogen and oxygen atoms in total. The first-order valence-electron chi connectivity index (χ1n) is 6.06. The summed E-state index contributed by atoms with van der Waals surface area (Å²) in [6.45, 7) is 3.11. The minimum absolute atomic E-state index is 0.0915. The third-order valence-electron chi connectivity index (χ3n) is 2.72. The Balaban J connectivity index is 2.44. The second kappa shape index (κ2) is 8.58. The fourth-order valence-electron chi connectivity index (χ4n) is 1.63. The first kappa shape index (κ1) is 16.5. The lowest BCUT2D eigenvalue weighted by Crippen LogP contribution is -2.31. The van der Waals surface area contributed by atoms with Crippen LogP contribution in [-0.4, -0.2) is 45.3 Å². The number of rotatable bonds is 8. The van der Waals surface area contributed by atoms with Crippen LogP contribution in [0.5, 0.6) is 0 Å². The van der Waals surface area contributed by atoms with Crippen LogP contribution in [0.25, 0.3) is 0 Å². The minimum atomic E-state index is -0.529. The second-order valence-corrected chi connectivity index (χ2v) is 5.16. The van der Waals surface area contributed by atoms with Gasteiger partial charge in [-0.2, -0.15) is 0 Å². The maximum Gasteiger partial charge on any atom is 0.144 e. The van der Waals surface area contributed by atoms with E-state index < -0.39 is 11.6 Å². The minimum Gasteiger partial charge on any atom is -0.383 e. The maximum absolute atomic E-state index is 13.8. The number of methoxy groups -OCH3 is 1. The lowest BCUT2D eigenvalue weighted by Gasteiger charge is -2.18. The van der Waals surface area contributed by atoms with Crippen molar-refractivity contribution in [3.05, 3.63) is 33.8 Å². The van der Waals surface area contributed by atoms with Gasteiger partial charge in [0.1, 0.15) is 11.6 Å². The quantitative estimate of drug-likeness (QED) is 0.582. The van der Waals surface area contributed by atoms with Crippen molar-refractivity contribution in [2.24, 2.45) is 0 Å². The highest BCUT2D eigenvalue weighted by atomic mass is 79.9. The summed E-state index contributed by atoms with van der Waals surface area (Å²) in [5.74, 6) is -1.04. The van der Waals surface area contributed by atoms with E-state index in [2.05, 4.69) is 21.2 Å². The number of ether oxygens (including phenoxy) is 1. The third kappa shape index (κ3) is 5.52. The van der Waals surface area contributed by atoms with Gasteiger partial charge in [-0.15, -0.1) is 0 Å². The number of nitrogens with zero attached hydrogens (tertiary/aromatic N) is 1. The number of benzene rings is 1. The molecule has 1 aromatic rings. The van der Waals surface area contributed by atoms with Crippen LogP contribution >= 0.6 is 15.9 Å². The molecule has 0 bridgehead atoms. The number of hydrogen-bond acceptors (Lipinski definition) is 3. The van der Waals surface area contributed by atoms with Gasteiger partial charge >= 0.3 is 0 Å². The van der Waals surface area contributed by atoms with Crippen molar-refractivity contribution in [3.63, 3.8) is 0 Å². The molecule has 108 valence electrons. The van der Waals surface area contributed by atoms with E-state index in [4.69, 9.17) is 4.74 Å². The van der Waals surface area contributed by atoms with Crippen LogP contribution in [0.3, 0.4) is 0 Å². The molecule has 1 N–H and O–H groups in total. The number of nitrogens with one attached hydrogen (secondary N) is 1. The van der Waals surface area contributed by atoms with Crippen LogP contribution < -0.4 is 5.32 Å². The fraction of sp³-hybridized carbons (Fsp3) is 0.538. The summed E-state index contributed by atoms with van der Waals surface area (Å²) >= 11 is 3.06. The van der Waals surface area contributed by atoms with Crippen LogP contribution in [0.4, 0.5) is 8.78 Å². The van der Waals surface area contributed by atoms with Crippen LogP contribution in [0.15, 0.2) is 16.6 Å². The Kier molecular flexibility index (Phi) is 7.45. The normalized spacial score (nSPS) is 11.3. The molecular formula is C13H19BrF2N2O. The Bertz CT molecular complexity index is 404. The van der Waals surface area contributed by atoms with Crippen molar-refractivity contribution in [2.75, 3.05) is 40.4 Å². The zero-order valence-electron chi connectivity index (χ0n) is 11.2. The molecular weight excluding hydrogens is 318 g/mol. The van der Waals surface area contributed by atoms with E-state index in [0.717, 1.165) is 13.1 Å². The second-order valence-electron chi connectivity index (χ2n) is 4.30. The average Bonchev–Trinajstić information content (AvgIpc) is 2.39. The molecule has 0 aromatic heterocycles. The average molecular weight is 337 g/mol. The van der Waals surface area contributed by atoms with Crippen molar-refractivity contribution >= 4 is 15.9 Å². The van der Waals surface area contributed by atoms with Crippen LogP contribution in [0, 0.1) is 11.6 Å². The first-order valence-corrected chi connectivity index (χ1v) is 6.86. The maximum atomic E-state index is 13.8. The molecule has 0 saturated carbocycles. The SMILES string of the molecule is COCCNCCN(C)Cc1c(F)ccc(Br)c1F. The van der Waals surface area contributed by atoms with Crippen molar-refractivity contribution < 1.29 is 13.5 Å². The Morgan fingerprint density at radius 1 is 1.32 bits per heavy atom. The summed E-state index contributed by atoms with van der Waals surface area (Å²) in [5, 5.41) is 3.18. The van der Waals surface area contributed by atoms with E-state index in [1.54, 1.807) is 7.11 Å². The summed E-state index contributed by atoms with van der Waals surface area (Å²) in [7, 11) is 3.48. The molecule has 1 rings (SSSR count). The highest BCUT2D eigenvalue weighted by Crippen LogP contribution is 2.22. The smallest absolute Gasteiger partial charge is 0.144 e. The van der Waals surface area contributed by atoms with E-state index in [1.165, 1.54) is 12.1 Å². The summed E-state index contributed by atoms with van der Waals surface area (Å²) < 4.78 is 32.5. The fourth-order valence-corrected chi connectivity index (χ4v) is 2.00. The molecule has 19 heavy (non-hydrogen) atoms. The lowest BCUT2D eigenvalue weighted by molar-refractivity contribution is 0.197. The summed E-state index contributed by atoms with van der Waals surface area (Å²) in [4.78, 5) is 1.87. The standard InChI is InChI=1S/C13H19BrF2N2O/c1-18(7-5-17-6-8-19-2)9-10-12(15)4-3-11(14)13(10)16/h3-4,17H,5-9H2,1-2H3. The molecule has 0 aliphatic rings. The Hall–Kier alpha value is -0.560. The molecule has 0 spiro atoms. The molecule has 0 radical (unpaired) electrons. The molecule has 0 aliphatic heterocycles. The van der Waals surface area contributed by atoms with E-state index in [1.807, 2.05) is 11.9 Å². The topological polar surface area (TPSA) is 24.5 Å². The number of hydrogen-bond donors (Lipinski definition) is 1. The van der Waals surface area contributed by atoms with Crippen molar-refractivity contribution in [3.8, 4) is 0 Å². The highest BCUT2D eigenvalue weighted by molar-refractivity contribution is 9.10. The Labute approximate surface area is 121 Å². The van der Waals surface area contributed by atoms with Gasteiger partial charge in [-0.25, -0.2) is 8.78 Å². The van der Waals surface area contributed by atoms with Crippen molar-refractivity contribution in [1.82, 2.24) is 10.2 Å². The highest BCUT2D eigenvalue weighted by Gasteiger charge is 2.13. The molecule has 0 heterocycles.